The monoisotopic (exact) mass is 373 g/mol. The van der Waals surface area contributed by atoms with Gasteiger partial charge in [0.2, 0.25) is 5.91 Å². The minimum Gasteiger partial charge on any atom is -0.403 e. The van der Waals surface area contributed by atoms with Gasteiger partial charge in [-0.05, 0) is 12.1 Å². The van der Waals surface area contributed by atoms with Crippen molar-refractivity contribution in [3.05, 3.63) is 21.6 Å². The van der Waals surface area contributed by atoms with Crippen LogP contribution in [-0.2, 0) is 4.79 Å². The second kappa shape index (κ2) is 5.42. The third kappa shape index (κ3) is 3.36. The first-order valence-electron chi connectivity index (χ1n) is 5.40. The molecular formula is C11H8BrClF3NO3. The Morgan fingerprint density at radius 1 is 1.45 bits per heavy atom. The van der Waals surface area contributed by atoms with Crippen LogP contribution in [0.4, 0.5) is 18.9 Å². The summed E-state index contributed by atoms with van der Waals surface area (Å²) in [4.78, 5) is 12.7. The van der Waals surface area contributed by atoms with E-state index in [0.717, 1.165) is 11.0 Å². The molecule has 20 heavy (non-hydrogen) atoms. The van der Waals surface area contributed by atoms with Gasteiger partial charge in [-0.25, -0.2) is 0 Å². The van der Waals surface area contributed by atoms with Crippen molar-refractivity contribution in [1.29, 1.82) is 0 Å². The molecule has 1 unspecified atom stereocenters. The van der Waals surface area contributed by atoms with E-state index in [1.807, 2.05) is 0 Å². The smallest absolute Gasteiger partial charge is 0.403 e. The largest absolute Gasteiger partial charge is 0.573 e. The fraction of sp³-hybridized carbons (Fsp3) is 0.364. The summed E-state index contributed by atoms with van der Waals surface area (Å²) in [6.45, 7) is -0.131. The van der Waals surface area contributed by atoms with Crippen LogP contribution in [0.1, 0.15) is 6.42 Å². The first-order chi connectivity index (χ1) is 9.17. The predicted octanol–water partition coefficient (Wildman–Crippen LogP) is 3.10. The number of alkyl halides is 3. The number of hydrogen-bond acceptors (Lipinski definition) is 3. The first-order valence-corrected chi connectivity index (χ1v) is 6.57. The zero-order valence-electron chi connectivity index (χ0n) is 9.75. The van der Waals surface area contributed by atoms with Gasteiger partial charge < -0.3 is 14.7 Å². The van der Waals surface area contributed by atoms with E-state index < -0.39 is 24.1 Å². The molecule has 1 heterocycles. The van der Waals surface area contributed by atoms with Crippen LogP contribution < -0.4 is 9.64 Å². The van der Waals surface area contributed by atoms with Crippen LogP contribution in [0, 0.1) is 0 Å². The molecule has 1 saturated heterocycles. The van der Waals surface area contributed by atoms with Gasteiger partial charge in [0.25, 0.3) is 0 Å². The number of rotatable bonds is 2. The molecule has 0 saturated carbocycles. The molecule has 0 aromatic heterocycles. The topological polar surface area (TPSA) is 49.8 Å². The van der Waals surface area contributed by atoms with Crippen LogP contribution >= 0.6 is 27.5 Å². The summed E-state index contributed by atoms with van der Waals surface area (Å²) in [5.74, 6) is -1.12. The maximum absolute atomic E-state index is 12.4. The van der Waals surface area contributed by atoms with Crippen molar-refractivity contribution in [3.8, 4) is 5.75 Å². The van der Waals surface area contributed by atoms with E-state index in [2.05, 4.69) is 20.7 Å². The second-order valence-electron chi connectivity index (χ2n) is 4.14. The Hall–Kier alpha value is -0.990. The number of aliphatic hydroxyl groups is 1. The number of amides is 1. The van der Waals surface area contributed by atoms with Crippen molar-refractivity contribution in [3.63, 3.8) is 0 Å². The molecule has 4 nitrogen and oxygen atoms in total. The molecule has 1 fully saturated rings. The van der Waals surface area contributed by atoms with Crippen molar-refractivity contribution in [2.45, 2.75) is 18.9 Å². The van der Waals surface area contributed by atoms with Gasteiger partial charge in [0.15, 0.2) is 5.75 Å². The minimum absolute atomic E-state index is 0.0823. The van der Waals surface area contributed by atoms with Crippen molar-refractivity contribution < 1.29 is 27.8 Å². The lowest BCUT2D eigenvalue weighted by Gasteiger charge is -2.22. The molecule has 0 aliphatic carbocycles. The summed E-state index contributed by atoms with van der Waals surface area (Å²) >= 11 is 8.91. The quantitative estimate of drug-likeness (QED) is 0.865. The van der Waals surface area contributed by atoms with E-state index in [1.54, 1.807) is 0 Å². The number of anilines is 1. The van der Waals surface area contributed by atoms with Gasteiger partial charge in [-0.15, -0.1) is 13.2 Å². The highest BCUT2D eigenvalue weighted by molar-refractivity contribution is 9.10. The maximum Gasteiger partial charge on any atom is 0.573 e. The minimum atomic E-state index is -4.92. The van der Waals surface area contributed by atoms with Crippen molar-refractivity contribution in [2.24, 2.45) is 0 Å². The number of carbonyl (C=O) groups excluding carboxylic acids is 1. The number of halogens is 5. The van der Waals surface area contributed by atoms with E-state index in [-0.39, 0.29) is 28.1 Å². The summed E-state index contributed by atoms with van der Waals surface area (Å²) < 4.78 is 41.4. The Balaban J connectivity index is 2.48. The molecule has 1 atom stereocenters. The molecule has 110 valence electrons. The van der Waals surface area contributed by atoms with Crippen LogP contribution in [0.25, 0.3) is 0 Å². The maximum atomic E-state index is 12.4. The van der Waals surface area contributed by atoms with E-state index in [9.17, 15) is 23.1 Å². The van der Waals surface area contributed by atoms with E-state index in [1.165, 1.54) is 6.07 Å². The molecule has 1 N–H and O–H groups in total. The Morgan fingerprint density at radius 3 is 2.60 bits per heavy atom. The van der Waals surface area contributed by atoms with Gasteiger partial charge in [0, 0.05) is 4.47 Å². The van der Waals surface area contributed by atoms with Gasteiger partial charge in [-0.3, -0.25) is 4.79 Å². The van der Waals surface area contributed by atoms with Crippen molar-refractivity contribution in [1.82, 2.24) is 0 Å². The molecule has 1 amide bonds. The standard InChI is InChI=1S/C11H8BrClF3NO3/c12-5-1-7(13)10(8(2-5)20-11(14,15)16)17-4-6(18)3-9(17)19/h1-2,6,18H,3-4H2. The van der Waals surface area contributed by atoms with Gasteiger partial charge in [-0.1, -0.05) is 27.5 Å². The molecule has 1 aromatic carbocycles. The van der Waals surface area contributed by atoms with Crippen molar-refractivity contribution in [2.75, 3.05) is 11.4 Å². The van der Waals surface area contributed by atoms with Crippen LogP contribution in [0.15, 0.2) is 16.6 Å². The summed E-state index contributed by atoms with van der Waals surface area (Å²) in [7, 11) is 0. The molecule has 0 bridgehead atoms. The summed E-state index contributed by atoms with van der Waals surface area (Å²) in [5.41, 5.74) is -0.200. The van der Waals surface area contributed by atoms with Crippen LogP contribution in [-0.4, -0.2) is 30.0 Å². The molecule has 0 radical (unpaired) electrons. The summed E-state index contributed by atoms with van der Waals surface area (Å²) in [5, 5.41) is 9.34. The zero-order chi connectivity index (χ0) is 15.1. The Morgan fingerprint density at radius 2 is 2.10 bits per heavy atom. The third-order valence-electron chi connectivity index (χ3n) is 2.59. The lowest BCUT2D eigenvalue weighted by molar-refractivity contribution is -0.274. The number of hydrogen-bond donors (Lipinski definition) is 1. The third-order valence-corrected chi connectivity index (χ3v) is 3.34. The van der Waals surface area contributed by atoms with Crippen LogP contribution in [0.5, 0.6) is 5.75 Å². The van der Waals surface area contributed by atoms with Crippen molar-refractivity contribution >= 4 is 39.1 Å². The van der Waals surface area contributed by atoms with Crippen LogP contribution in [0.2, 0.25) is 5.02 Å². The Kier molecular flexibility index (Phi) is 4.17. The predicted molar refractivity (Wildman–Crippen MR) is 68.8 cm³/mol. The SMILES string of the molecule is O=C1CC(O)CN1c1c(Cl)cc(Br)cc1OC(F)(F)F. The van der Waals surface area contributed by atoms with Gasteiger partial charge >= 0.3 is 6.36 Å². The van der Waals surface area contributed by atoms with Crippen LogP contribution in [0.3, 0.4) is 0 Å². The summed E-state index contributed by atoms with van der Waals surface area (Å²) in [6, 6.07) is 2.41. The molecule has 1 aliphatic heterocycles. The molecule has 0 spiro atoms. The molecule has 1 aliphatic rings. The lowest BCUT2D eigenvalue weighted by Crippen LogP contribution is -2.27. The fourth-order valence-corrected chi connectivity index (χ4v) is 2.79. The second-order valence-corrected chi connectivity index (χ2v) is 5.47. The normalized spacial score (nSPS) is 19.6. The highest BCUT2D eigenvalue weighted by Gasteiger charge is 2.37. The fourth-order valence-electron chi connectivity index (χ4n) is 1.91. The van der Waals surface area contributed by atoms with Gasteiger partial charge in [-0.2, -0.15) is 0 Å². The Bertz CT molecular complexity index is 552. The zero-order valence-corrected chi connectivity index (χ0v) is 12.1. The number of aliphatic hydroxyl groups excluding tert-OH is 1. The highest BCUT2D eigenvalue weighted by atomic mass is 79.9. The molecule has 9 heteroatoms. The number of benzene rings is 1. The number of β-amino-alcohol motifs (C(OH)–C–C–N with tert-alkyl or cyclic N) is 1. The average molecular weight is 375 g/mol. The number of nitrogens with zero attached hydrogens (tertiary/aromatic N) is 1. The van der Waals surface area contributed by atoms with E-state index in [0.29, 0.717) is 0 Å². The first kappa shape index (κ1) is 15.4. The van der Waals surface area contributed by atoms with Gasteiger partial charge in [0.05, 0.1) is 24.1 Å². The van der Waals surface area contributed by atoms with E-state index in [4.69, 9.17) is 11.6 Å². The number of ether oxygens (including phenoxy) is 1. The Labute approximate surface area is 125 Å². The number of carbonyl (C=O) groups is 1. The lowest BCUT2D eigenvalue weighted by atomic mass is 10.2. The molecule has 1 aromatic rings. The van der Waals surface area contributed by atoms with Gasteiger partial charge in [0.1, 0.15) is 5.69 Å². The van der Waals surface area contributed by atoms with E-state index >= 15 is 0 Å². The summed E-state index contributed by atoms with van der Waals surface area (Å²) in [6.07, 6.45) is -6.03. The molecule has 2 rings (SSSR count). The highest BCUT2D eigenvalue weighted by Crippen LogP contribution is 2.42. The molecular weight excluding hydrogens is 366 g/mol. The average Bonchev–Trinajstić information content (AvgIpc) is 2.54.